The van der Waals surface area contributed by atoms with Crippen LogP contribution in [0.3, 0.4) is 0 Å². The van der Waals surface area contributed by atoms with Crippen molar-refractivity contribution in [3.05, 3.63) is 21.9 Å². The van der Waals surface area contributed by atoms with E-state index in [1.54, 1.807) is 18.3 Å². The number of imide groups is 1. The van der Waals surface area contributed by atoms with Gasteiger partial charge in [0.25, 0.3) is 5.91 Å². The molecule has 1 aromatic heterocycles. The molecule has 4 amide bonds. The zero-order chi connectivity index (χ0) is 19.0. The first kappa shape index (κ1) is 18.5. The number of nitrogens with one attached hydrogen (secondary N) is 2. The Morgan fingerprint density at radius 3 is 2.89 bits per heavy atom. The van der Waals surface area contributed by atoms with Gasteiger partial charge in [-0.15, -0.1) is 11.3 Å². The molecule has 3 aliphatic rings. The summed E-state index contributed by atoms with van der Waals surface area (Å²) >= 11 is 1.63. The Balaban J connectivity index is 1.47. The number of carbonyl (C=O) groups is 3. The van der Waals surface area contributed by atoms with Gasteiger partial charge in [0.2, 0.25) is 5.91 Å². The fourth-order valence-electron chi connectivity index (χ4n) is 4.76. The highest BCUT2D eigenvalue weighted by atomic mass is 32.1. The summed E-state index contributed by atoms with van der Waals surface area (Å²) in [6, 6.07) is 0.679. The lowest BCUT2D eigenvalue weighted by molar-refractivity contribution is -0.138. The van der Waals surface area contributed by atoms with E-state index in [-0.39, 0.29) is 11.8 Å². The lowest BCUT2D eigenvalue weighted by Gasteiger charge is -2.31. The van der Waals surface area contributed by atoms with Crippen molar-refractivity contribution in [2.45, 2.75) is 69.9 Å². The number of aryl methyl sites for hydroxylation is 1. The molecule has 1 aliphatic heterocycles. The van der Waals surface area contributed by atoms with Crippen LogP contribution in [0, 0.1) is 5.92 Å². The van der Waals surface area contributed by atoms with Gasteiger partial charge in [-0.3, -0.25) is 9.59 Å². The number of amides is 4. The smallest absolute Gasteiger partial charge is 0.326 e. The number of thiophene rings is 1. The van der Waals surface area contributed by atoms with Crippen molar-refractivity contribution in [3.63, 3.8) is 0 Å². The van der Waals surface area contributed by atoms with Crippen LogP contribution in [-0.2, 0) is 21.5 Å². The van der Waals surface area contributed by atoms with Gasteiger partial charge in [0.05, 0.1) is 0 Å². The monoisotopic (exact) mass is 389 g/mol. The van der Waals surface area contributed by atoms with Crippen LogP contribution in [0.1, 0.15) is 62.3 Å². The maximum Gasteiger partial charge on any atom is 0.326 e. The number of hydrogen-bond acceptors (Lipinski definition) is 4. The SMILES string of the molecule is C[C@@H](C(=O)NCC1CCCCC1)N1C(=O)N[C@@]2(CCCc3sccc32)C1=O. The molecule has 2 fully saturated rings. The van der Waals surface area contributed by atoms with E-state index in [4.69, 9.17) is 0 Å². The highest BCUT2D eigenvalue weighted by Crippen LogP contribution is 2.42. The third-order valence-corrected chi connectivity index (χ3v) is 7.32. The minimum absolute atomic E-state index is 0.248. The predicted molar refractivity (Wildman–Crippen MR) is 103 cm³/mol. The second-order valence-corrected chi connectivity index (χ2v) is 9.05. The van der Waals surface area contributed by atoms with Crippen molar-refractivity contribution >= 4 is 29.2 Å². The van der Waals surface area contributed by atoms with E-state index in [0.717, 1.165) is 41.0 Å². The van der Waals surface area contributed by atoms with Gasteiger partial charge in [-0.05, 0) is 56.4 Å². The molecule has 0 unspecified atom stereocenters. The van der Waals surface area contributed by atoms with E-state index in [1.165, 1.54) is 19.3 Å². The van der Waals surface area contributed by atoms with Gasteiger partial charge >= 0.3 is 6.03 Å². The Kier molecular flexibility index (Phi) is 4.97. The molecule has 2 atom stereocenters. The zero-order valence-corrected chi connectivity index (χ0v) is 16.6. The highest BCUT2D eigenvalue weighted by molar-refractivity contribution is 7.10. The molecule has 2 aliphatic carbocycles. The summed E-state index contributed by atoms with van der Waals surface area (Å²) in [4.78, 5) is 40.9. The van der Waals surface area contributed by atoms with Crippen LogP contribution in [0.25, 0.3) is 0 Å². The van der Waals surface area contributed by atoms with Crippen LogP contribution in [0.15, 0.2) is 11.4 Å². The molecule has 4 rings (SSSR count). The summed E-state index contributed by atoms with van der Waals surface area (Å²) < 4.78 is 0. The third kappa shape index (κ3) is 3.16. The molecular formula is C20H27N3O3S. The second-order valence-electron chi connectivity index (χ2n) is 8.05. The topological polar surface area (TPSA) is 78.5 Å². The lowest BCUT2D eigenvalue weighted by Crippen LogP contribution is -2.50. The van der Waals surface area contributed by atoms with E-state index >= 15 is 0 Å². The normalized spacial score (nSPS) is 26.8. The maximum atomic E-state index is 13.3. The second kappa shape index (κ2) is 7.26. The number of nitrogens with zero attached hydrogens (tertiary/aromatic N) is 1. The lowest BCUT2D eigenvalue weighted by atomic mass is 9.80. The summed E-state index contributed by atoms with van der Waals surface area (Å²) in [5, 5.41) is 7.85. The Morgan fingerprint density at radius 2 is 2.11 bits per heavy atom. The molecule has 2 heterocycles. The summed E-state index contributed by atoms with van der Waals surface area (Å²) in [7, 11) is 0. The first-order chi connectivity index (χ1) is 13.0. The molecule has 6 nitrogen and oxygen atoms in total. The van der Waals surface area contributed by atoms with E-state index in [2.05, 4.69) is 10.6 Å². The molecule has 7 heteroatoms. The quantitative estimate of drug-likeness (QED) is 0.777. The average Bonchev–Trinajstić information content (AvgIpc) is 3.25. The average molecular weight is 390 g/mol. The van der Waals surface area contributed by atoms with Crippen LogP contribution >= 0.6 is 11.3 Å². The third-order valence-electron chi connectivity index (χ3n) is 6.34. The molecule has 1 aromatic rings. The van der Waals surface area contributed by atoms with E-state index in [1.807, 2.05) is 11.4 Å². The standard InChI is InChI=1S/C20H27N3O3S/c1-13(17(24)21-12-14-6-3-2-4-7-14)23-18(25)20(22-19(23)26)10-5-8-16-15(20)9-11-27-16/h9,11,13-14H,2-8,10,12H2,1H3,(H,21,24)(H,22,26)/t13-,20+/m0/s1. The van der Waals surface area contributed by atoms with Crippen molar-refractivity contribution in [1.29, 1.82) is 0 Å². The van der Waals surface area contributed by atoms with Gasteiger partial charge in [0.1, 0.15) is 11.6 Å². The number of urea groups is 1. The van der Waals surface area contributed by atoms with E-state index in [0.29, 0.717) is 18.9 Å². The van der Waals surface area contributed by atoms with Crippen molar-refractivity contribution in [3.8, 4) is 0 Å². The van der Waals surface area contributed by atoms with Crippen LogP contribution in [0.5, 0.6) is 0 Å². The van der Waals surface area contributed by atoms with Crippen LogP contribution < -0.4 is 10.6 Å². The van der Waals surface area contributed by atoms with Gasteiger partial charge in [-0.2, -0.15) is 0 Å². The summed E-state index contributed by atoms with van der Waals surface area (Å²) in [6.07, 6.45) is 8.38. The zero-order valence-electron chi connectivity index (χ0n) is 15.8. The first-order valence-electron chi connectivity index (χ1n) is 10.0. The molecule has 2 N–H and O–H groups in total. The molecule has 146 valence electrons. The van der Waals surface area contributed by atoms with Crippen molar-refractivity contribution in [1.82, 2.24) is 15.5 Å². The summed E-state index contributed by atoms with van der Waals surface area (Å²) in [5.41, 5.74) is -0.0721. The molecule has 1 spiro atoms. The number of carbonyl (C=O) groups excluding carboxylic acids is 3. The largest absolute Gasteiger partial charge is 0.354 e. The minimum atomic E-state index is -0.984. The van der Waals surface area contributed by atoms with Crippen LogP contribution in [-0.4, -0.2) is 35.3 Å². The fourth-order valence-corrected chi connectivity index (χ4v) is 5.76. The van der Waals surface area contributed by atoms with Crippen molar-refractivity contribution in [2.24, 2.45) is 5.92 Å². The molecular weight excluding hydrogens is 362 g/mol. The maximum absolute atomic E-state index is 13.3. The number of fused-ring (bicyclic) bond motifs is 2. The predicted octanol–water partition coefficient (Wildman–Crippen LogP) is 2.92. The number of hydrogen-bond donors (Lipinski definition) is 2. The van der Waals surface area contributed by atoms with E-state index in [9.17, 15) is 14.4 Å². The molecule has 1 saturated carbocycles. The van der Waals surface area contributed by atoms with Gasteiger partial charge in [0.15, 0.2) is 0 Å². The Hall–Kier alpha value is -1.89. The van der Waals surface area contributed by atoms with Crippen molar-refractivity contribution < 1.29 is 14.4 Å². The van der Waals surface area contributed by atoms with E-state index < -0.39 is 17.6 Å². The van der Waals surface area contributed by atoms with Gasteiger partial charge < -0.3 is 10.6 Å². The number of rotatable bonds is 4. The Morgan fingerprint density at radius 1 is 1.33 bits per heavy atom. The molecule has 1 saturated heterocycles. The van der Waals surface area contributed by atoms with Gasteiger partial charge in [0, 0.05) is 17.0 Å². The molecule has 0 radical (unpaired) electrons. The molecule has 0 bridgehead atoms. The van der Waals surface area contributed by atoms with Crippen molar-refractivity contribution in [2.75, 3.05) is 6.54 Å². The molecule has 0 aromatic carbocycles. The highest BCUT2D eigenvalue weighted by Gasteiger charge is 2.56. The Labute approximate surface area is 163 Å². The van der Waals surface area contributed by atoms with Gasteiger partial charge in [-0.25, -0.2) is 9.69 Å². The van der Waals surface area contributed by atoms with Crippen LogP contribution in [0.4, 0.5) is 4.79 Å². The molecule has 27 heavy (non-hydrogen) atoms. The van der Waals surface area contributed by atoms with Gasteiger partial charge in [-0.1, -0.05) is 19.3 Å². The first-order valence-corrected chi connectivity index (χ1v) is 10.9. The summed E-state index contributed by atoms with van der Waals surface area (Å²) in [6.45, 7) is 2.27. The van der Waals surface area contributed by atoms with Crippen LogP contribution in [0.2, 0.25) is 0 Å². The summed E-state index contributed by atoms with van der Waals surface area (Å²) in [5.74, 6) is -0.0225. The fraction of sp³-hybridized carbons (Fsp3) is 0.650. The minimum Gasteiger partial charge on any atom is -0.354 e. The Bertz CT molecular complexity index is 755.